The van der Waals surface area contributed by atoms with Gasteiger partial charge in [0.05, 0.1) is 13.7 Å². The van der Waals surface area contributed by atoms with E-state index in [1.54, 1.807) is 10.6 Å². The van der Waals surface area contributed by atoms with Crippen molar-refractivity contribution in [1.82, 2.24) is 19.5 Å². The van der Waals surface area contributed by atoms with Crippen LogP contribution in [0.5, 0.6) is 11.5 Å². The fourth-order valence-electron chi connectivity index (χ4n) is 3.53. The summed E-state index contributed by atoms with van der Waals surface area (Å²) in [7, 11) is 1.34. The molecule has 10 heteroatoms. The number of H-pyrrole nitrogens is 1. The Kier molecular flexibility index (Phi) is 6.16. The molecule has 0 unspecified atom stereocenters. The molecular formula is C23H20F2N4O4. The lowest BCUT2D eigenvalue weighted by molar-refractivity contribution is -0.117. The number of nitrogens with one attached hydrogen (secondary N) is 1. The number of hydrogen-bond donors (Lipinski definition) is 1. The summed E-state index contributed by atoms with van der Waals surface area (Å²) < 4.78 is 36.3. The number of carbonyl (C=O) groups excluding carboxylic acids is 1. The van der Waals surface area contributed by atoms with Crippen LogP contribution >= 0.6 is 0 Å². The number of aromatic nitrogens is 4. The van der Waals surface area contributed by atoms with E-state index in [4.69, 9.17) is 4.74 Å². The molecule has 0 radical (unpaired) electrons. The predicted molar refractivity (Wildman–Crippen MR) is 117 cm³/mol. The summed E-state index contributed by atoms with van der Waals surface area (Å²) >= 11 is 0. The van der Waals surface area contributed by atoms with Crippen LogP contribution in [0.1, 0.15) is 18.3 Å². The van der Waals surface area contributed by atoms with Crippen LogP contribution in [0.3, 0.4) is 0 Å². The van der Waals surface area contributed by atoms with Gasteiger partial charge >= 0.3 is 6.61 Å². The maximum atomic E-state index is 12.8. The third-order valence-corrected chi connectivity index (χ3v) is 4.88. The number of hydrogen-bond acceptors (Lipinski definition) is 6. The third-order valence-electron chi connectivity index (χ3n) is 4.88. The number of benzene rings is 2. The number of halogens is 2. The summed E-state index contributed by atoms with van der Waals surface area (Å²) in [6.07, 6.45) is 0.183. The molecule has 2 aromatic heterocycles. The monoisotopic (exact) mass is 454 g/mol. The predicted octanol–water partition coefficient (Wildman–Crippen LogP) is 3.58. The minimum Gasteiger partial charge on any atom is -0.493 e. The first-order valence-corrected chi connectivity index (χ1v) is 10.0. The molecule has 4 aromatic rings. The maximum absolute atomic E-state index is 12.8. The molecule has 170 valence electrons. The Hall–Kier alpha value is -4.08. The number of ether oxygens (including phenoxy) is 2. The fraction of sp³-hybridized carbons (Fsp3) is 0.217. The van der Waals surface area contributed by atoms with Crippen molar-refractivity contribution in [3.63, 3.8) is 0 Å². The molecular weight excluding hydrogens is 434 g/mol. The molecule has 0 saturated heterocycles. The summed E-state index contributed by atoms with van der Waals surface area (Å²) in [5.41, 5.74) is 1.36. The number of imidazole rings is 1. The van der Waals surface area contributed by atoms with Gasteiger partial charge in [0, 0.05) is 12.0 Å². The number of fused-ring (bicyclic) bond motifs is 1. The van der Waals surface area contributed by atoms with E-state index in [2.05, 4.69) is 19.7 Å². The van der Waals surface area contributed by atoms with Gasteiger partial charge in [0.25, 0.3) is 5.56 Å². The van der Waals surface area contributed by atoms with Crippen molar-refractivity contribution in [3.8, 4) is 22.9 Å². The molecule has 0 amide bonds. The van der Waals surface area contributed by atoms with Crippen molar-refractivity contribution in [2.24, 2.45) is 0 Å². The van der Waals surface area contributed by atoms with Gasteiger partial charge in [-0.15, -0.1) is 0 Å². The van der Waals surface area contributed by atoms with Crippen molar-refractivity contribution >= 4 is 16.9 Å². The van der Waals surface area contributed by atoms with Crippen LogP contribution < -0.4 is 15.0 Å². The average molecular weight is 454 g/mol. The summed E-state index contributed by atoms with van der Waals surface area (Å²) in [4.78, 5) is 36.4. The maximum Gasteiger partial charge on any atom is 0.387 e. The van der Waals surface area contributed by atoms with E-state index in [1.165, 1.54) is 26.2 Å². The highest BCUT2D eigenvalue weighted by molar-refractivity contribution is 5.82. The summed E-state index contributed by atoms with van der Waals surface area (Å²) in [5, 5.41) is 0. The third kappa shape index (κ3) is 4.74. The van der Waals surface area contributed by atoms with Gasteiger partial charge in [0.15, 0.2) is 22.7 Å². The van der Waals surface area contributed by atoms with Gasteiger partial charge in [-0.3, -0.25) is 9.59 Å². The first-order valence-electron chi connectivity index (χ1n) is 10.0. The molecule has 4 rings (SSSR count). The Balaban J connectivity index is 1.77. The van der Waals surface area contributed by atoms with Crippen molar-refractivity contribution < 1.29 is 23.0 Å². The second-order valence-electron chi connectivity index (χ2n) is 7.31. The zero-order chi connectivity index (χ0) is 23.5. The molecule has 0 aliphatic carbocycles. The standard InChI is InChI=1S/C23H20F2N4O4/c1-13(30)12-29-20(15-6-4-3-5-7-15)28-19-21(29)26-18(27-22(19)31)11-14-8-9-16(33-23(24)25)17(10-14)32-2/h3-10,23H,11-12H2,1-2H3,(H,26,27,31). The zero-order valence-corrected chi connectivity index (χ0v) is 17.8. The molecule has 8 nitrogen and oxygen atoms in total. The zero-order valence-electron chi connectivity index (χ0n) is 17.8. The van der Waals surface area contributed by atoms with Crippen LogP contribution in [-0.2, 0) is 17.8 Å². The summed E-state index contributed by atoms with van der Waals surface area (Å²) in [5.74, 6) is 0.700. The van der Waals surface area contributed by atoms with E-state index >= 15 is 0 Å². The fourth-order valence-corrected chi connectivity index (χ4v) is 3.53. The molecule has 2 aromatic carbocycles. The number of rotatable bonds is 8. The van der Waals surface area contributed by atoms with Crippen molar-refractivity contribution in [1.29, 1.82) is 0 Å². The van der Waals surface area contributed by atoms with Crippen LogP contribution in [0.25, 0.3) is 22.6 Å². The lowest BCUT2D eigenvalue weighted by atomic mass is 10.1. The van der Waals surface area contributed by atoms with Gasteiger partial charge in [-0.25, -0.2) is 9.97 Å². The van der Waals surface area contributed by atoms with Gasteiger partial charge in [0.1, 0.15) is 17.4 Å². The van der Waals surface area contributed by atoms with Crippen LogP contribution in [0.2, 0.25) is 0 Å². The van der Waals surface area contributed by atoms with E-state index in [0.717, 1.165) is 5.56 Å². The second kappa shape index (κ2) is 9.19. The molecule has 0 saturated carbocycles. The molecule has 0 atom stereocenters. The highest BCUT2D eigenvalue weighted by Gasteiger charge is 2.19. The van der Waals surface area contributed by atoms with Gasteiger partial charge in [0.2, 0.25) is 0 Å². The van der Waals surface area contributed by atoms with Gasteiger partial charge < -0.3 is 19.0 Å². The van der Waals surface area contributed by atoms with Gasteiger partial charge in [-0.2, -0.15) is 8.78 Å². The molecule has 0 spiro atoms. The van der Waals surface area contributed by atoms with E-state index in [1.807, 2.05) is 30.3 Å². The van der Waals surface area contributed by atoms with Crippen LogP contribution in [0.15, 0.2) is 53.3 Å². The minimum atomic E-state index is -2.98. The number of ketones is 1. The molecule has 33 heavy (non-hydrogen) atoms. The Morgan fingerprint density at radius 2 is 1.88 bits per heavy atom. The molecule has 0 fully saturated rings. The lowest BCUT2D eigenvalue weighted by Gasteiger charge is -2.11. The molecule has 2 heterocycles. The lowest BCUT2D eigenvalue weighted by Crippen LogP contribution is -2.14. The van der Waals surface area contributed by atoms with E-state index in [0.29, 0.717) is 17.2 Å². The van der Waals surface area contributed by atoms with E-state index in [9.17, 15) is 18.4 Å². The second-order valence-corrected chi connectivity index (χ2v) is 7.31. The number of aromatic amines is 1. The summed E-state index contributed by atoms with van der Waals surface area (Å²) in [6, 6.07) is 13.7. The molecule has 0 bridgehead atoms. The van der Waals surface area contributed by atoms with Crippen molar-refractivity contribution in [2.45, 2.75) is 26.5 Å². The highest BCUT2D eigenvalue weighted by Crippen LogP contribution is 2.30. The first-order chi connectivity index (χ1) is 15.9. The van der Waals surface area contributed by atoms with E-state index in [-0.39, 0.29) is 41.4 Å². The Labute approximate surface area is 186 Å². The Morgan fingerprint density at radius 1 is 1.12 bits per heavy atom. The topological polar surface area (TPSA) is 99.1 Å². The number of nitrogens with zero attached hydrogens (tertiary/aromatic N) is 3. The van der Waals surface area contributed by atoms with Gasteiger partial charge in [-0.05, 0) is 24.6 Å². The first kappa shape index (κ1) is 22.1. The molecule has 0 aliphatic heterocycles. The van der Waals surface area contributed by atoms with Gasteiger partial charge in [-0.1, -0.05) is 36.4 Å². The number of methoxy groups -OCH3 is 1. The van der Waals surface area contributed by atoms with Crippen molar-refractivity contribution in [3.05, 3.63) is 70.3 Å². The van der Waals surface area contributed by atoms with Crippen molar-refractivity contribution in [2.75, 3.05) is 7.11 Å². The largest absolute Gasteiger partial charge is 0.493 e. The van der Waals surface area contributed by atoms with Crippen LogP contribution in [-0.4, -0.2) is 39.0 Å². The number of Topliss-reactive ketones (excluding diaryl/α,β-unsaturated/α-hetero) is 1. The Morgan fingerprint density at radius 3 is 2.55 bits per heavy atom. The highest BCUT2D eigenvalue weighted by atomic mass is 19.3. The summed E-state index contributed by atoms with van der Waals surface area (Å²) in [6.45, 7) is -1.53. The number of alkyl halides is 2. The Bertz CT molecular complexity index is 1370. The minimum absolute atomic E-state index is 0.00408. The number of carbonyl (C=O) groups is 1. The molecule has 1 N–H and O–H groups in total. The normalized spacial score (nSPS) is 11.2. The van der Waals surface area contributed by atoms with Crippen LogP contribution in [0, 0.1) is 0 Å². The molecule has 0 aliphatic rings. The smallest absolute Gasteiger partial charge is 0.387 e. The average Bonchev–Trinajstić information content (AvgIpc) is 3.13. The van der Waals surface area contributed by atoms with Crippen LogP contribution in [0.4, 0.5) is 8.78 Å². The SMILES string of the molecule is COc1cc(Cc2nc3c(nc(-c4ccccc4)n3CC(C)=O)c(=O)[nH]2)ccc1OC(F)F. The quantitative estimate of drug-likeness (QED) is 0.437. The van der Waals surface area contributed by atoms with E-state index < -0.39 is 12.2 Å².